The summed E-state index contributed by atoms with van der Waals surface area (Å²) in [7, 11) is 0. The van der Waals surface area contributed by atoms with E-state index in [1.54, 1.807) is 12.1 Å². The largest absolute Gasteiger partial charge is 0.334 e. The Balaban J connectivity index is 1.69. The minimum Gasteiger partial charge on any atom is -0.334 e. The first-order chi connectivity index (χ1) is 10.2. The molecule has 112 valence electrons. The van der Waals surface area contributed by atoms with Gasteiger partial charge in [0.05, 0.1) is 6.33 Å². The molecule has 1 N–H and O–H groups in total. The number of aryl methyl sites for hydroxylation is 3. The molecule has 1 unspecified atom stereocenters. The maximum absolute atomic E-state index is 13.1. The molecule has 0 saturated carbocycles. The van der Waals surface area contributed by atoms with Gasteiger partial charge in [-0.2, -0.15) is 0 Å². The van der Waals surface area contributed by atoms with Crippen LogP contribution in [0, 0.1) is 12.7 Å². The molecule has 3 nitrogen and oxygen atoms in total. The van der Waals surface area contributed by atoms with Crippen LogP contribution in [0.5, 0.6) is 0 Å². The van der Waals surface area contributed by atoms with Crippen molar-refractivity contribution >= 4 is 0 Å². The van der Waals surface area contributed by atoms with E-state index in [0.717, 1.165) is 31.6 Å². The number of nitrogens with zero attached hydrogens (tertiary/aromatic N) is 2. The van der Waals surface area contributed by atoms with Gasteiger partial charge in [0.1, 0.15) is 5.82 Å². The summed E-state index contributed by atoms with van der Waals surface area (Å²) in [4.78, 5) is 4.32. The van der Waals surface area contributed by atoms with E-state index in [2.05, 4.69) is 14.9 Å². The molecule has 1 fully saturated rings. The number of benzene rings is 1. The van der Waals surface area contributed by atoms with E-state index in [-0.39, 0.29) is 5.82 Å². The number of imidazole rings is 1. The number of hydrogen-bond acceptors (Lipinski definition) is 2. The van der Waals surface area contributed by atoms with E-state index < -0.39 is 0 Å². The molecule has 1 aliphatic rings. The summed E-state index contributed by atoms with van der Waals surface area (Å²) >= 11 is 0. The zero-order chi connectivity index (χ0) is 14.7. The van der Waals surface area contributed by atoms with E-state index >= 15 is 0 Å². The molecule has 1 atom stereocenters. The van der Waals surface area contributed by atoms with E-state index in [0.29, 0.717) is 5.92 Å². The normalized spacial score (nSPS) is 18.9. The van der Waals surface area contributed by atoms with Crippen molar-refractivity contribution in [2.75, 3.05) is 13.1 Å². The lowest BCUT2D eigenvalue weighted by Gasteiger charge is -2.23. The molecule has 2 aromatic rings. The van der Waals surface area contributed by atoms with Crippen LogP contribution in [0.1, 0.15) is 35.6 Å². The van der Waals surface area contributed by atoms with Gasteiger partial charge < -0.3 is 9.88 Å². The molecule has 4 heteroatoms. The number of piperidine rings is 1. The van der Waals surface area contributed by atoms with Gasteiger partial charge in [0.25, 0.3) is 0 Å². The molecule has 1 aromatic heterocycles. The third-order valence-electron chi connectivity index (χ3n) is 4.39. The molecule has 2 heterocycles. The summed E-state index contributed by atoms with van der Waals surface area (Å²) in [6.07, 6.45) is 7.29. The van der Waals surface area contributed by atoms with Gasteiger partial charge in [-0.1, -0.05) is 6.07 Å². The summed E-state index contributed by atoms with van der Waals surface area (Å²) in [5.41, 5.74) is 3.55. The number of hydrogen-bond donors (Lipinski definition) is 1. The van der Waals surface area contributed by atoms with Gasteiger partial charge in [0.2, 0.25) is 0 Å². The van der Waals surface area contributed by atoms with Crippen molar-refractivity contribution in [2.24, 2.45) is 0 Å². The Morgan fingerprint density at radius 3 is 3.10 bits per heavy atom. The van der Waals surface area contributed by atoms with Gasteiger partial charge in [-0.25, -0.2) is 9.37 Å². The standard InChI is InChI=1S/C17H22FN3/c1-13-9-16(18)5-4-14(13)6-8-21-12-20-11-17(21)15-3-2-7-19-10-15/h4-5,9,11-12,15,19H,2-3,6-8,10H2,1H3. The molecule has 0 spiro atoms. The van der Waals surface area contributed by atoms with Crippen LogP contribution >= 0.6 is 0 Å². The highest BCUT2D eigenvalue weighted by Crippen LogP contribution is 2.23. The molecule has 0 aliphatic carbocycles. The van der Waals surface area contributed by atoms with Gasteiger partial charge in [0.15, 0.2) is 0 Å². The van der Waals surface area contributed by atoms with Gasteiger partial charge in [0, 0.05) is 30.9 Å². The average Bonchev–Trinajstić information content (AvgIpc) is 2.96. The Labute approximate surface area is 125 Å². The molecule has 3 rings (SSSR count). The molecule has 1 saturated heterocycles. The van der Waals surface area contributed by atoms with Crippen LogP contribution in [-0.2, 0) is 13.0 Å². The van der Waals surface area contributed by atoms with Crippen LogP contribution in [0.15, 0.2) is 30.7 Å². The summed E-state index contributed by atoms with van der Waals surface area (Å²) in [5, 5.41) is 3.46. The van der Waals surface area contributed by atoms with Gasteiger partial charge in [-0.3, -0.25) is 0 Å². The second kappa shape index (κ2) is 6.39. The van der Waals surface area contributed by atoms with Crippen LogP contribution < -0.4 is 5.32 Å². The van der Waals surface area contributed by atoms with E-state index in [1.165, 1.54) is 24.1 Å². The highest BCUT2D eigenvalue weighted by molar-refractivity contribution is 5.26. The fourth-order valence-corrected chi connectivity index (χ4v) is 3.14. The SMILES string of the molecule is Cc1cc(F)ccc1CCn1cncc1C1CCCNC1. The van der Waals surface area contributed by atoms with E-state index in [4.69, 9.17) is 0 Å². The first-order valence-corrected chi connectivity index (χ1v) is 7.70. The van der Waals surface area contributed by atoms with Crippen LogP contribution in [0.3, 0.4) is 0 Å². The molecule has 21 heavy (non-hydrogen) atoms. The minimum atomic E-state index is -0.159. The fourth-order valence-electron chi connectivity index (χ4n) is 3.14. The lowest BCUT2D eigenvalue weighted by atomic mass is 9.96. The van der Waals surface area contributed by atoms with Gasteiger partial charge >= 0.3 is 0 Å². The Hall–Kier alpha value is -1.68. The minimum absolute atomic E-state index is 0.159. The first-order valence-electron chi connectivity index (χ1n) is 7.70. The molecule has 1 aliphatic heterocycles. The highest BCUT2D eigenvalue weighted by atomic mass is 19.1. The highest BCUT2D eigenvalue weighted by Gasteiger charge is 2.18. The maximum atomic E-state index is 13.1. The lowest BCUT2D eigenvalue weighted by molar-refractivity contribution is 0.440. The number of halogens is 1. The van der Waals surface area contributed by atoms with Crippen molar-refractivity contribution < 1.29 is 4.39 Å². The quantitative estimate of drug-likeness (QED) is 0.936. The Kier molecular flexibility index (Phi) is 4.34. The lowest BCUT2D eigenvalue weighted by Crippen LogP contribution is -2.29. The third kappa shape index (κ3) is 3.32. The van der Waals surface area contributed by atoms with Gasteiger partial charge in [-0.15, -0.1) is 0 Å². The topological polar surface area (TPSA) is 29.9 Å². The fraction of sp³-hybridized carbons (Fsp3) is 0.471. The Bertz CT molecular complexity index is 600. The molecular formula is C17H22FN3. The second-order valence-electron chi connectivity index (χ2n) is 5.88. The summed E-state index contributed by atoms with van der Waals surface area (Å²) < 4.78 is 15.4. The maximum Gasteiger partial charge on any atom is 0.123 e. The molecule has 0 bridgehead atoms. The predicted octanol–water partition coefficient (Wildman–Crippen LogP) is 3.04. The van der Waals surface area contributed by atoms with Crippen LogP contribution in [0.2, 0.25) is 0 Å². The molecule has 0 radical (unpaired) electrons. The number of rotatable bonds is 4. The summed E-state index contributed by atoms with van der Waals surface area (Å²) in [6, 6.07) is 5.04. The van der Waals surface area contributed by atoms with Crippen molar-refractivity contribution in [1.29, 1.82) is 0 Å². The Morgan fingerprint density at radius 2 is 2.33 bits per heavy atom. The Morgan fingerprint density at radius 1 is 1.43 bits per heavy atom. The second-order valence-corrected chi connectivity index (χ2v) is 5.88. The third-order valence-corrected chi connectivity index (χ3v) is 4.39. The van der Waals surface area contributed by atoms with Crippen LogP contribution in [0.25, 0.3) is 0 Å². The van der Waals surface area contributed by atoms with E-state index in [1.807, 2.05) is 25.5 Å². The van der Waals surface area contributed by atoms with Crippen molar-refractivity contribution in [3.8, 4) is 0 Å². The zero-order valence-corrected chi connectivity index (χ0v) is 12.5. The van der Waals surface area contributed by atoms with Crippen molar-refractivity contribution in [3.63, 3.8) is 0 Å². The smallest absolute Gasteiger partial charge is 0.123 e. The van der Waals surface area contributed by atoms with Crippen molar-refractivity contribution in [2.45, 2.75) is 38.6 Å². The number of aromatic nitrogens is 2. The molecule has 1 aromatic carbocycles. The summed E-state index contributed by atoms with van der Waals surface area (Å²) in [5.74, 6) is 0.406. The average molecular weight is 287 g/mol. The van der Waals surface area contributed by atoms with Crippen molar-refractivity contribution in [3.05, 3.63) is 53.4 Å². The van der Waals surface area contributed by atoms with Crippen LogP contribution in [-0.4, -0.2) is 22.6 Å². The van der Waals surface area contributed by atoms with Gasteiger partial charge in [-0.05, 0) is 56.0 Å². The van der Waals surface area contributed by atoms with E-state index in [9.17, 15) is 4.39 Å². The first kappa shape index (κ1) is 14.3. The monoisotopic (exact) mass is 287 g/mol. The molecule has 0 amide bonds. The predicted molar refractivity (Wildman–Crippen MR) is 81.9 cm³/mol. The molecular weight excluding hydrogens is 265 g/mol. The summed E-state index contributed by atoms with van der Waals surface area (Å²) in [6.45, 7) is 5.04. The van der Waals surface area contributed by atoms with Crippen molar-refractivity contribution in [1.82, 2.24) is 14.9 Å². The number of nitrogens with one attached hydrogen (secondary N) is 1. The van der Waals surface area contributed by atoms with Crippen LogP contribution in [0.4, 0.5) is 4.39 Å². The zero-order valence-electron chi connectivity index (χ0n) is 12.5.